The number of allylic oxidation sites excluding steroid dienone is 10. The van der Waals surface area contributed by atoms with Crippen LogP contribution in [0.4, 0.5) is 0 Å². The fraction of sp³-hybridized carbons (Fsp3) is 0.745. The maximum atomic E-state index is 13.0. The maximum absolute atomic E-state index is 13.0. The van der Waals surface area contributed by atoms with Gasteiger partial charge in [-0.3, -0.25) is 23.2 Å². The van der Waals surface area contributed by atoms with E-state index < -0.39 is 83.5 Å². The van der Waals surface area contributed by atoms with E-state index in [1.54, 1.807) is 0 Å². The molecule has 0 aromatic heterocycles. The van der Waals surface area contributed by atoms with Crippen molar-refractivity contribution in [2.75, 3.05) is 13.2 Å². The molecule has 1 fully saturated rings. The van der Waals surface area contributed by atoms with Crippen molar-refractivity contribution in [2.45, 2.75) is 211 Å². The van der Waals surface area contributed by atoms with Gasteiger partial charge in [0.2, 0.25) is 0 Å². The zero-order chi connectivity index (χ0) is 48.2. The second kappa shape index (κ2) is 37.7. The van der Waals surface area contributed by atoms with Crippen LogP contribution in [0.2, 0.25) is 0 Å². The van der Waals surface area contributed by atoms with Gasteiger partial charge in [-0.05, 0) is 77.0 Å². The van der Waals surface area contributed by atoms with Crippen molar-refractivity contribution in [1.82, 2.24) is 0 Å². The van der Waals surface area contributed by atoms with E-state index in [-0.39, 0.29) is 12.8 Å². The number of phosphoric acid groups is 2. The highest BCUT2D eigenvalue weighted by atomic mass is 31.2. The molecule has 1 aliphatic rings. The Morgan fingerprint density at radius 2 is 0.938 bits per heavy atom. The van der Waals surface area contributed by atoms with E-state index in [2.05, 4.69) is 79.1 Å². The molecule has 0 aliphatic heterocycles. The van der Waals surface area contributed by atoms with E-state index in [9.17, 15) is 53.8 Å². The first-order valence-electron chi connectivity index (χ1n) is 23.8. The quantitative estimate of drug-likeness (QED) is 0.0131. The van der Waals surface area contributed by atoms with Gasteiger partial charge in [0.05, 0.1) is 6.61 Å². The second-order valence-corrected chi connectivity index (χ2v) is 19.0. The van der Waals surface area contributed by atoms with E-state index in [0.29, 0.717) is 12.8 Å². The fourth-order valence-electron chi connectivity index (χ4n) is 6.89. The number of rotatable bonds is 39. The summed E-state index contributed by atoms with van der Waals surface area (Å²) in [5.74, 6) is -1.25. The van der Waals surface area contributed by atoms with Crippen molar-refractivity contribution in [1.29, 1.82) is 0 Å². The van der Waals surface area contributed by atoms with Gasteiger partial charge in [-0.2, -0.15) is 0 Å². The number of hydrogen-bond acceptors (Lipinski definition) is 13. The summed E-state index contributed by atoms with van der Waals surface area (Å²) in [7, 11) is -10.7. The molecule has 1 rings (SSSR count). The molecule has 0 aromatic carbocycles. The van der Waals surface area contributed by atoms with E-state index >= 15 is 0 Å². The molecule has 0 spiro atoms. The van der Waals surface area contributed by atoms with Gasteiger partial charge < -0.3 is 44.6 Å². The number of aliphatic hydroxyl groups is 4. The van der Waals surface area contributed by atoms with Gasteiger partial charge in [0.15, 0.2) is 6.10 Å². The number of carbonyl (C=O) groups is 2. The SMILES string of the molecule is CCC=CCC=CCC=CCC=CCCCCCCC(=O)O[C@H](COC(=O)CCCCCCCC=CCCCCCCCC)COP(=O)(O)O[C@H]1C(O)C(O)C(O)[C@@H](OP(=O)(O)O)C1O. The molecule has 0 radical (unpaired) electrons. The van der Waals surface area contributed by atoms with Gasteiger partial charge in [-0.15, -0.1) is 0 Å². The number of unbranched alkanes of at least 4 members (excludes halogenated alkanes) is 15. The molecular weight excluding hydrogens is 882 g/mol. The van der Waals surface area contributed by atoms with Crippen molar-refractivity contribution in [3.63, 3.8) is 0 Å². The molecule has 7 N–H and O–H groups in total. The standard InChI is InChI=1S/C47H82O16P2/c1-3-5-7-9-11-13-15-17-19-20-22-24-26-28-30-32-34-36-41(49)61-39(37-59-40(48)35-33-31-29-27-25-23-21-18-16-14-12-10-8-6-4-2)38-60-65(57,58)63-47-44(52)42(50)43(51)46(45(47)53)62-64(54,55)56/h5,7,11,13,17-19,21-22,24,39,42-47,50-53H,3-4,6,8-10,12,14-16,20,23,25-38H2,1-2H3,(H,57,58)(H2,54,55,56)/t39-,42?,43?,44?,45?,46-,47+/m1/s1. The lowest BCUT2D eigenvalue weighted by molar-refractivity contribution is -0.216. The molecule has 0 aromatic rings. The van der Waals surface area contributed by atoms with Crippen molar-refractivity contribution < 1.29 is 76.9 Å². The van der Waals surface area contributed by atoms with Crippen LogP contribution in [0.15, 0.2) is 60.8 Å². The summed E-state index contributed by atoms with van der Waals surface area (Å²) in [6, 6.07) is 0. The van der Waals surface area contributed by atoms with Gasteiger partial charge in [-0.1, -0.05) is 139 Å². The number of aliphatic hydroxyl groups excluding tert-OH is 4. The number of hydrogen-bond donors (Lipinski definition) is 7. The molecule has 65 heavy (non-hydrogen) atoms. The van der Waals surface area contributed by atoms with Gasteiger partial charge in [0.25, 0.3) is 0 Å². The summed E-state index contributed by atoms with van der Waals surface area (Å²) in [4.78, 5) is 54.3. The van der Waals surface area contributed by atoms with Gasteiger partial charge in [-0.25, -0.2) is 9.13 Å². The third kappa shape index (κ3) is 32.2. The van der Waals surface area contributed by atoms with Crippen LogP contribution in [0.1, 0.15) is 168 Å². The van der Waals surface area contributed by atoms with Crippen molar-refractivity contribution in [3.05, 3.63) is 60.8 Å². The van der Waals surface area contributed by atoms with Crippen LogP contribution < -0.4 is 0 Å². The summed E-state index contributed by atoms with van der Waals surface area (Å²) in [6.07, 6.45) is 28.9. The van der Waals surface area contributed by atoms with Crippen LogP contribution in [0.3, 0.4) is 0 Å². The maximum Gasteiger partial charge on any atom is 0.472 e. The molecular formula is C47H82O16P2. The summed E-state index contributed by atoms with van der Waals surface area (Å²) >= 11 is 0. The Morgan fingerprint density at radius 1 is 0.508 bits per heavy atom. The Kier molecular flexibility index (Phi) is 35.2. The van der Waals surface area contributed by atoms with Gasteiger partial charge in [0, 0.05) is 12.8 Å². The topological polar surface area (TPSA) is 256 Å². The zero-order valence-electron chi connectivity index (χ0n) is 38.9. The van der Waals surface area contributed by atoms with Crippen molar-refractivity contribution in [2.24, 2.45) is 0 Å². The monoisotopic (exact) mass is 965 g/mol. The molecule has 16 nitrogen and oxygen atoms in total. The molecule has 0 saturated heterocycles. The first-order valence-corrected chi connectivity index (χ1v) is 26.9. The first kappa shape index (κ1) is 60.7. The largest absolute Gasteiger partial charge is 0.472 e. The number of carbonyl (C=O) groups excluding carboxylic acids is 2. The highest BCUT2D eigenvalue weighted by Crippen LogP contribution is 2.49. The molecule has 1 aliphatic carbocycles. The van der Waals surface area contributed by atoms with E-state index in [1.165, 1.54) is 38.5 Å². The summed E-state index contributed by atoms with van der Waals surface area (Å²) in [6.45, 7) is 2.96. The van der Waals surface area contributed by atoms with Crippen molar-refractivity contribution >= 4 is 27.6 Å². The average Bonchev–Trinajstić information content (AvgIpc) is 3.26. The lowest BCUT2D eigenvalue weighted by atomic mass is 9.85. The van der Waals surface area contributed by atoms with E-state index in [4.69, 9.17) is 18.5 Å². The lowest BCUT2D eigenvalue weighted by Gasteiger charge is -2.43. The molecule has 0 bridgehead atoms. The van der Waals surface area contributed by atoms with Crippen LogP contribution in [0, 0.1) is 0 Å². The Bertz CT molecular complexity index is 1490. The molecule has 1 saturated carbocycles. The third-order valence-electron chi connectivity index (χ3n) is 10.6. The molecule has 8 atom stereocenters. The van der Waals surface area contributed by atoms with Crippen LogP contribution in [0.5, 0.6) is 0 Å². The van der Waals surface area contributed by atoms with Crippen LogP contribution >= 0.6 is 15.6 Å². The average molecular weight is 965 g/mol. The Labute approximate surface area is 388 Å². The molecule has 5 unspecified atom stereocenters. The molecule has 0 heterocycles. The minimum atomic E-state index is -5.37. The second-order valence-electron chi connectivity index (χ2n) is 16.4. The highest BCUT2D eigenvalue weighted by Gasteiger charge is 2.54. The van der Waals surface area contributed by atoms with Crippen molar-refractivity contribution in [3.8, 4) is 0 Å². The summed E-state index contributed by atoms with van der Waals surface area (Å²) < 4.78 is 49.4. The normalized spacial score (nSPS) is 22.2. The Hall–Kier alpha value is -2.30. The highest BCUT2D eigenvalue weighted by molar-refractivity contribution is 7.47. The smallest absolute Gasteiger partial charge is 0.462 e. The Balaban J connectivity index is 2.62. The number of phosphoric ester groups is 2. The van der Waals surface area contributed by atoms with Crippen LogP contribution in [-0.4, -0.2) is 103 Å². The lowest BCUT2D eigenvalue weighted by Crippen LogP contribution is -2.64. The third-order valence-corrected chi connectivity index (χ3v) is 12.1. The minimum absolute atomic E-state index is 0.0122. The predicted octanol–water partition coefficient (Wildman–Crippen LogP) is 9.06. The number of esters is 2. The number of ether oxygens (including phenoxy) is 2. The predicted molar refractivity (Wildman–Crippen MR) is 250 cm³/mol. The van der Waals surface area contributed by atoms with E-state index in [1.807, 2.05) is 0 Å². The first-order chi connectivity index (χ1) is 31.1. The molecule has 376 valence electrons. The Morgan fingerprint density at radius 3 is 1.45 bits per heavy atom. The zero-order valence-corrected chi connectivity index (χ0v) is 40.7. The summed E-state index contributed by atoms with van der Waals surface area (Å²) in [5.41, 5.74) is 0. The van der Waals surface area contributed by atoms with Crippen LogP contribution in [0.25, 0.3) is 0 Å². The fourth-order valence-corrected chi connectivity index (χ4v) is 8.43. The van der Waals surface area contributed by atoms with Gasteiger partial charge in [0.1, 0.15) is 43.2 Å². The molecule has 18 heteroatoms. The van der Waals surface area contributed by atoms with E-state index in [0.717, 1.165) is 89.9 Å². The molecule has 0 amide bonds. The van der Waals surface area contributed by atoms with Gasteiger partial charge >= 0.3 is 27.6 Å². The van der Waals surface area contributed by atoms with Crippen LogP contribution in [-0.2, 0) is 41.8 Å². The minimum Gasteiger partial charge on any atom is -0.462 e. The summed E-state index contributed by atoms with van der Waals surface area (Å²) in [5, 5.41) is 41.2.